The van der Waals surface area contributed by atoms with Crippen molar-refractivity contribution >= 4 is 29.6 Å². The highest BCUT2D eigenvalue weighted by atomic mass is 16.4. The molecule has 0 aliphatic carbocycles. The second-order valence-corrected chi connectivity index (χ2v) is 8.13. The van der Waals surface area contributed by atoms with Crippen LogP contribution in [0.3, 0.4) is 0 Å². The lowest BCUT2D eigenvalue weighted by atomic mass is 10.0. The van der Waals surface area contributed by atoms with E-state index in [0.29, 0.717) is 25.8 Å². The highest BCUT2D eigenvalue weighted by Gasteiger charge is 2.38. The molecular formula is C22H31N5O7. The number of nitrogens with two attached hydrogens (primary N) is 2. The van der Waals surface area contributed by atoms with Gasteiger partial charge in [0.2, 0.25) is 23.6 Å². The Bertz CT molecular complexity index is 895. The van der Waals surface area contributed by atoms with Crippen LogP contribution in [-0.4, -0.2) is 82.0 Å². The van der Waals surface area contributed by atoms with Crippen LogP contribution in [-0.2, 0) is 30.4 Å². The Morgan fingerprint density at radius 3 is 2.35 bits per heavy atom. The molecule has 1 aromatic carbocycles. The fourth-order valence-electron chi connectivity index (χ4n) is 3.75. The zero-order valence-electron chi connectivity index (χ0n) is 18.7. The lowest BCUT2D eigenvalue weighted by Gasteiger charge is -2.28. The van der Waals surface area contributed by atoms with Crippen molar-refractivity contribution in [2.24, 2.45) is 11.5 Å². The van der Waals surface area contributed by atoms with Crippen LogP contribution >= 0.6 is 0 Å². The summed E-state index contributed by atoms with van der Waals surface area (Å²) < 4.78 is 0. The summed E-state index contributed by atoms with van der Waals surface area (Å²) in [6.45, 7) is -0.537. The Hall–Kier alpha value is -3.51. The molecule has 0 saturated carbocycles. The van der Waals surface area contributed by atoms with Crippen molar-refractivity contribution in [3.05, 3.63) is 35.9 Å². The average molecular weight is 478 g/mol. The predicted molar refractivity (Wildman–Crippen MR) is 120 cm³/mol. The van der Waals surface area contributed by atoms with Crippen LogP contribution < -0.4 is 22.1 Å². The number of carboxylic acid groups (broad SMARTS) is 1. The number of nitrogens with zero attached hydrogens (tertiary/aromatic N) is 1. The van der Waals surface area contributed by atoms with Crippen molar-refractivity contribution in [2.75, 3.05) is 13.2 Å². The van der Waals surface area contributed by atoms with E-state index in [0.717, 1.165) is 5.56 Å². The van der Waals surface area contributed by atoms with Crippen molar-refractivity contribution in [3.63, 3.8) is 0 Å². The minimum atomic E-state index is -1.58. The first kappa shape index (κ1) is 26.7. The van der Waals surface area contributed by atoms with Gasteiger partial charge in [-0.05, 0) is 31.2 Å². The molecule has 12 nitrogen and oxygen atoms in total. The lowest BCUT2D eigenvalue weighted by Crippen LogP contribution is -2.57. The fourth-order valence-corrected chi connectivity index (χ4v) is 3.75. The molecule has 12 heteroatoms. The first-order valence-corrected chi connectivity index (χ1v) is 11.0. The van der Waals surface area contributed by atoms with E-state index < -0.39 is 60.4 Å². The molecule has 1 aliphatic rings. The van der Waals surface area contributed by atoms with E-state index in [1.54, 1.807) is 0 Å². The number of aliphatic carboxylic acids is 1. The fraction of sp³-hybridized carbons (Fsp3) is 0.500. The molecule has 0 aromatic heterocycles. The zero-order valence-corrected chi connectivity index (χ0v) is 18.7. The minimum absolute atomic E-state index is 0.182. The third-order valence-electron chi connectivity index (χ3n) is 5.56. The number of nitrogens with one attached hydrogen (secondary N) is 2. The maximum atomic E-state index is 13.0. The Kier molecular flexibility index (Phi) is 9.95. The van der Waals surface area contributed by atoms with Crippen LogP contribution in [0.4, 0.5) is 0 Å². The maximum absolute atomic E-state index is 13.0. The number of carboxylic acids is 1. The van der Waals surface area contributed by atoms with Gasteiger partial charge in [-0.15, -0.1) is 0 Å². The van der Waals surface area contributed by atoms with Crippen molar-refractivity contribution in [1.29, 1.82) is 0 Å². The number of amides is 4. The van der Waals surface area contributed by atoms with Gasteiger partial charge in [-0.3, -0.25) is 19.2 Å². The summed E-state index contributed by atoms with van der Waals surface area (Å²) in [5, 5.41) is 22.8. The summed E-state index contributed by atoms with van der Waals surface area (Å²) in [6, 6.07) is 4.62. The largest absolute Gasteiger partial charge is 0.480 e. The highest BCUT2D eigenvalue weighted by Crippen LogP contribution is 2.19. The molecule has 0 radical (unpaired) electrons. The Morgan fingerprint density at radius 1 is 1.09 bits per heavy atom. The van der Waals surface area contributed by atoms with Crippen LogP contribution in [0.25, 0.3) is 0 Å². The molecule has 8 N–H and O–H groups in total. The summed E-state index contributed by atoms with van der Waals surface area (Å²) in [7, 11) is 0. The van der Waals surface area contributed by atoms with E-state index in [1.165, 1.54) is 4.90 Å². The van der Waals surface area contributed by atoms with Gasteiger partial charge >= 0.3 is 5.97 Å². The standard InChI is InChI=1S/C22H31N5O7/c23-14(11-13-5-2-1-3-6-13)21(32)27-10-4-7-17(27)20(31)25-15(8-9-18(24)29)19(30)26-16(12-28)22(33)34/h1-3,5-6,14-17,28H,4,7-12,23H2,(H2,24,29)(H,25,31)(H,26,30)(H,33,34). The summed E-state index contributed by atoms with van der Waals surface area (Å²) in [5.74, 6) is -4.10. The number of aliphatic hydroxyl groups excluding tert-OH is 1. The van der Waals surface area contributed by atoms with Gasteiger partial charge in [-0.2, -0.15) is 0 Å². The van der Waals surface area contributed by atoms with Gasteiger partial charge in [-0.1, -0.05) is 30.3 Å². The summed E-state index contributed by atoms with van der Waals surface area (Å²) in [4.78, 5) is 62.2. The van der Waals surface area contributed by atoms with Crippen LogP contribution in [0.2, 0.25) is 0 Å². The van der Waals surface area contributed by atoms with E-state index in [2.05, 4.69) is 10.6 Å². The van der Waals surface area contributed by atoms with Crippen molar-refractivity contribution in [3.8, 4) is 0 Å². The minimum Gasteiger partial charge on any atom is -0.480 e. The van der Waals surface area contributed by atoms with Gasteiger partial charge < -0.3 is 37.2 Å². The summed E-state index contributed by atoms with van der Waals surface area (Å²) in [6.07, 6.45) is 0.787. The van der Waals surface area contributed by atoms with E-state index in [4.69, 9.17) is 21.7 Å². The highest BCUT2D eigenvalue weighted by molar-refractivity contribution is 5.94. The normalized spacial score (nSPS) is 17.9. The molecule has 0 spiro atoms. The van der Waals surface area contributed by atoms with Gasteiger partial charge in [0, 0.05) is 13.0 Å². The topological polar surface area (TPSA) is 205 Å². The number of primary amides is 1. The van der Waals surface area contributed by atoms with E-state index in [9.17, 15) is 24.0 Å². The molecule has 1 aromatic rings. The molecule has 4 atom stereocenters. The third-order valence-corrected chi connectivity index (χ3v) is 5.56. The monoisotopic (exact) mass is 477 g/mol. The average Bonchev–Trinajstić information content (AvgIpc) is 3.29. The number of hydrogen-bond acceptors (Lipinski definition) is 7. The van der Waals surface area contributed by atoms with Crippen molar-refractivity contribution in [1.82, 2.24) is 15.5 Å². The summed E-state index contributed by atoms with van der Waals surface area (Å²) in [5.41, 5.74) is 12.1. The maximum Gasteiger partial charge on any atom is 0.328 e. The third kappa shape index (κ3) is 7.52. The van der Waals surface area contributed by atoms with Crippen LogP contribution in [0.15, 0.2) is 30.3 Å². The second-order valence-electron chi connectivity index (χ2n) is 8.13. The molecule has 1 saturated heterocycles. The number of carbonyl (C=O) groups excluding carboxylic acids is 4. The number of rotatable bonds is 12. The van der Waals surface area contributed by atoms with Crippen LogP contribution in [0, 0.1) is 0 Å². The SMILES string of the molecule is NC(=O)CCC(NC(=O)C1CCCN1C(=O)C(N)Cc1ccccc1)C(=O)NC(CO)C(=O)O. The smallest absolute Gasteiger partial charge is 0.328 e. The van der Waals surface area contributed by atoms with Crippen LogP contribution in [0.5, 0.6) is 0 Å². The quantitative estimate of drug-likeness (QED) is 0.195. The lowest BCUT2D eigenvalue weighted by molar-refractivity contribution is -0.144. The van der Waals surface area contributed by atoms with Crippen molar-refractivity contribution in [2.45, 2.75) is 56.3 Å². The molecule has 1 aliphatic heterocycles. The molecule has 1 fully saturated rings. The van der Waals surface area contributed by atoms with Gasteiger partial charge in [0.1, 0.15) is 18.1 Å². The number of likely N-dealkylation sites (tertiary alicyclic amines) is 1. The summed E-state index contributed by atoms with van der Waals surface area (Å²) >= 11 is 0. The molecule has 0 bridgehead atoms. The number of aliphatic hydroxyl groups is 1. The molecule has 2 rings (SSSR count). The zero-order chi connectivity index (χ0) is 25.3. The number of benzene rings is 1. The Labute approximate surface area is 196 Å². The predicted octanol–water partition coefficient (Wildman–Crippen LogP) is -2.14. The molecule has 4 amide bonds. The van der Waals surface area contributed by atoms with E-state index in [1.807, 2.05) is 30.3 Å². The first-order valence-electron chi connectivity index (χ1n) is 11.0. The number of hydrogen-bond donors (Lipinski definition) is 6. The van der Waals surface area contributed by atoms with E-state index >= 15 is 0 Å². The molecule has 186 valence electrons. The van der Waals surface area contributed by atoms with Gasteiger partial charge in [0.05, 0.1) is 12.6 Å². The van der Waals surface area contributed by atoms with Crippen LogP contribution in [0.1, 0.15) is 31.2 Å². The van der Waals surface area contributed by atoms with E-state index in [-0.39, 0.29) is 12.8 Å². The number of carbonyl (C=O) groups is 5. The molecular weight excluding hydrogens is 446 g/mol. The molecule has 34 heavy (non-hydrogen) atoms. The van der Waals surface area contributed by atoms with Gasteiger partial charge in [0.25, 0.3) is 0 Å². The first-order chi connectivity index (χ1) is 16.1. The molecule has 4 unspecified atom stereocenters. The van der Waals surface area contributed by atoms with Crippen molar-refractivity contribution < 1.29 is 34.2 Å². The molecule has 1 heterocycles. The second kappa shape index (κ2) is 12.7. The van der Waals surface area contributed by atoms with Gasteiger partial charge in [-0.25, -0.2) is 4.79 Å². The van der Waals surface area contributed by atoms with Gasteiger partial charge in [0.15, 0.2) is 0 Å². The Morgan fingerprint density at radius 2 is 1.76 bits per heavy atom. The Balaban J connectivity index is 2.08.